The molecule has 20 heavy (non-hydrogen) atoms. The Balaban J connectivity index is 1.64. The SMILES string of the molecule is O=C1CN(Cc2ccccc2)CC[C@H]1c1ccccc1. The average Bonchev–Trinajstić information content (AvgIpc) is 2.49. The minimum absolute atomic E-state index is 0.0863. The molecule has 1 atom stereocenters. The van der Waals surface area contributed by atoms with E-state index in [1.165, 1.54) is 5.56 Å². The van der Waals surface area contributed by atoms with Gasteiger partial charge < -0.3 is 0 Å². The van der Waals surface area contributed by atoms with Crippen LogP contribution in [0.5, 0.6) is 0 Å². The van der Waals surface area contributed by atoms with Crippen molar-refractivity contribution in [1.29, 1.82) is 0 Å². The molecule has 2 aromatic carbocycles. The zero-order valence-electron chi connectivity index (χ0n) is 11.5. The highest BCUT2D eigenvalue weighted by Crippen LogP contribution is 2.25. The highest BCUT2D eigenvalue weighted by Gasteiger charge is 2.27. The van der Waals surface area contributed by atoms with Crippen LogP contribution in [-0.2, 0) is 11.3 Å². The third-order valence-electron chi connectivity index (χ3n) is 3.95. The standard InChI is InChI=1S/C18H19NO/c20-18-14-19(13-15-7-3-1-4-8-15)12-11-17(18)16-9-5-2-6-10-16/h1-10,17H,11-14H2/t17-/m0/s1. The van der Waals surface area contributed by atoms with Gasteiger partial charge in [0.05, 0.1) is 6.54 Å². The van der Waals surface area contributed by atoms with Crippen LogP contribution in [-0.4, -0.2) is 23.8 Å². The first-order chi connectivity index (χ1) is 9.83. The molecule has 1 heterocycles. The highest BCUT2D eigenvalue weighted by molar-refractivity contribution is 5.88. The Morgan fingerprint density at radius 2 is 1.60 bits per heavy atom. The smallest absolute Gasteiger partial charge is 0.154 e. The third kappa shape index (κ3) is 2.97. The fourth-order valence-electron chi connectivity index (χ4n) is 2.90. The van der Waals surface area contributed by atoms with E-state index in [1.807, 2.05) is 36.4 Å². The summed E-state index contributed by atoms with van der Waals surface area (Å²) < 4.78 is 0. The highest BCUT2D eigenvalue weighted by atomic mass is 16.1. The molecule has 102 valence electrons. The number of carbonyl (C=O) groups is 1. The molecule has 0 amide bonds. The fourth-order valence-corrected chi connectivity index (χ4v) is 2.90. The molecular weight excluding hydrogens is 246 g/mol. The maximum absolute atomic E-state index is 12.4. The maximum Gasteiger partial charge on any atom is 0.154 e. The number of nitrogens with zero attached hydrogens (tertiary/aromatic N) is 1. The molecule has 1 aliphatic rings. The van der Waals surface area contributed by atoms with E-state index in [0.717, 1.165) is 25.1 Å². The van der Waals surface area contributed by atoms with E-state index in [0.29, 0.717) is 12.3 Å². The predicted molar refractivity (Wildman–Crippen MR) is 80.5 cm³/mol. The van der Waals surface area contributed by atoms with Gasteiger partial charge in [0.2, 0.25) is 0 Å². The summed E-state index contributed by atoms with van der Waals surface area (Å²) in [6, 6.07) is 20.5. The summed E-state index contributed by atoms with van der Waals surface area (Å²) in [5.74, 6) is 0.432. The van der Waals surface area contributed by atoms with Gasteiger partial charge in [0.1, 0.15) is 0 Å². The zero-order chi connectivity index (χ0) is 13.8. The normalized spacial score (nSPS) is 20.0. The van der Waals surface area contributed by atoms with Crippen molar-refractivity contribution in [2.45, 2.75) is 18.9 Å². The first-order valence-corrected chi connectivity index (χ1v) is 7.17. The lowest BCUT2D eigenvalue weighted by molar-refractivity contribution is -0.124. The van der Waals surface area contributed by atoms with Crippen molar-refractivity contribution in [3.05, 3.63) is 71.8 Å². The molecule has 0 spiro atoms. The first kappa shape index (κ1) is 13.1. The number of ketones is 1. The largest absolute Gasteiger partial charge is 0.298 e. The number of rotatable bonds is 3. The molecule has 0 radical (unpaired) electrons. The number of benzene rings is 2. The molecule has 0 aromatic heterocycles. The molecule has 2 nitrogen and oxygen atoms in total. The molecule has 0 aliphatic carbocycles. The van der Waals surface area contributed by atoms with Crippen LogP contribution in [0.25, 0.3) is 0 Å². The second-order valence-corrected chi connectivity index (χ2v) is 5.41. The summed E-state index contributed by atoms with van der Waals surface area (Å²) in [5.41, 5.74) is 2.44. The Labute approximate surface area is 120 Å². The van der Waals surface area contributed by atoms with E-state index in [9.17, 15) is 4.79 Å². The molecular formula is C18H19NO. The lowest BCUT2D eigenvalue weighted by Crippen LogP contribution is -2.39. The molecule has 0 bridgehead atoms. The van der Waals surface area contributed by atoms with Gasteiger partial charge in [-0.15, -0.1) is 0 Å². The van der Waals surface area contributed by atoms with E-state index >= 15 is 0 Å². The van der Waals surface area contributed by atoms with Gasteiger partial charge in [-0.3, -0.25) is 9.69 Å². The van der Waals surface area contributed by atoms with Crippen molar-refractivity contribution < 1.29 is 4.79 Å². The molecule has 1 fully saturated rings. The molecule has 0 N–H and O–H groups in total. The van der Waals surface area contributed by atoms with Crippen LogP contribution in [0.2, 0.25) is 0 Å². The van der Waals surface area contributed by atoms with Gasteiger partial charge in [0, 0.05) is 12.5 Å². The molecule has 1 aliphatic heterocycles. The molecule has 3 rings (SSSR count). The monoisotopic (exact) mass is 265 g/mol. The summed E-state index contributed by atoms with van der Waals surface area (Å²) >= 11 is 0. The number of piperidine rings is 1. The Kier molecular flexibility index (Phi) is 3.93. The summed E-state index contributed by atoms with van der Waals surface area (Å²) in [5, 5.41) is 0. The summed E-state index contributed by atoms with van der Waals surface area (Å²) in [4.78, 5) is 14.6. The van der Waals surface area contributed by atoms with Crippen LogP contribution in [0.1, 0.15) is 23.5 Å². The van der Waals surface area contributed by atoms with Gasteiger partial charge in [0.25, 0.3) is 0 Å². The summed E-state index contributed by atoms with van der Waals surface area (Å²) in [6.45, 7) is 2.42. The van der Waals surface area contributed by atoms with E-state index in [2.05, 4.69) is 29.2 Å². The second kappa shape index (κ2) is 6.02. The molecule has 2 heteroatoms. The molecule has 0 saturated carbocycles. The van der Waals surface area contributed by atoms with E-state index in [-0.39, 0.29) is 5.92 Å². The van der Waals surface area contributed by atoms with Crippen LogP contribution >= 0.6 is 0 Å². The van der Waals surface area contributed by atoms with Gasteiger partial charge in [-0.25, -0.2) is 0 Å². The summed E-state index contributed by atoms with van der Waals surface area (Å²) in [6.07, 6.45) is 0.926. The van der Waals surface area contributed by atoms with Crippen molar-refractivity contribution in [3.63, 3.8) is 0 Å². The Morgan fingerprint density at radius 1 is 0.950 bits per heavy atom. The minimum atomic E-state index is 0.0863. The van der Waals surface area contributed by atoms with Gasteiger partial charge in [-0.1, -0.05) is 60.7 Å². The predicted octanol–water partition coefficient (Wildman–Crippen LogP) is 3.25. The van der Waals surface area contributed by atoms with Crippen LogP contribution in [0, 0.1) is 0 Å². The van der Waals surface area contributed by atoms with Crippen molar-refractivity contribution in [3.8, 4) is 0 Å². The quantitative estimate of drug-likeness (QED) is 0.849. The third-order valence-corrected chi connectivity index (χ3v) is 3.95. The number of Topliss-reactive ketones (excluding diaryl/α,β-unsaturated/α-hetero) is 1. The van der Waals surface area contributed by atoms with Crippen molar-refractivity contribution in [1.82, 2.24) is 4.90 Å². The average molecular weight is 265 g/mol. The van der Waals surface area contributed by atoms with Crippen LogP contribution in [0.4, 0.5) is 0 Å². The van der Waals surface area contributed by atoms with Gasteiger partial charge >= 0.3 is 0 Å². The first-order valence-electron chi connectivity index (χ1n) is 7.17. The maximum atomic E-state index is 12.4. The van der Waals surface area contributed by atoms with E-state index in [4.69, 9.17) is 0 Å². The number of hydrogen-bond donors (Lipinski definition) is 0. The van der Waals surface area contributed by atoms with E-state index in [1.54, 1.807) is 0 Å². The number of carbonyl (C=O) groups excluding carboxylic acids is 1. The Hall–Kier alpha value is -1.93. The molecule has 2 aromatic rings. The lowest BCUT2D eigenvalue weighted by Gasteiger charge is -2.31. The van der Waals surface area contributed by atoms with Crippen molar-refractivity contribution in [2.75, 3.05) is 13.1 Å². The molecule has 0 unspecified atom stereocenters. The zero-order valence-corrected chi connectivity index (χ0v) is 11.5. The van der Waals surface area contributed by atoms with Crippen LogP contribution in [0.3, 0.4) is 0 Å². The number of hydrogen-bond acceptors (Lipinski definition) is 2. The van der Waals surface area contributed by atoms with Gasteiger partial charge in [-0.05, 0) is 24.1 Å². The lowest BCUT2D eigenvalue weighted by atomic mass is 9.88. The number of likely N-dealkylation sites (tertiary alicyclic amines) is 1. The minimum Gasteiger partial charge on any atom is -0.298 e. The second-order valence-electron chi connectivity index (χ2n) is 5.41. The van der Waals surface area contributed by atoms with Gasteiger partial charge in [-0.2, -0.15) is 0 Å². The van der Waals surface area contributed by atoms with Crippen molar-refractivity contribution >= 4 is 5.78 Å². The molecule has 1 saturated heterocycles. The van der Waals surface area contributed by atoms with Crippen LogP contribution in [0.15, 0.2) is 60.7 Å². The van der Waals surface area contributed by atoms with Crippen LogP contribution < -0.4 is 0 Å². The fraction of sp³-hybridized carbons (Fsp3) is 0.278. The Bertz CT molecular complexity index is 564. The van der Waals surface area contributed by atoms with Gasteiger partial charge in [0.15, 0.2) is 5.78 Å². The van der Waals surface area contributed by atoms with Crippen molar-refractivity contribution in [2.24, 2.45) is 0 Å². The van der Waals surface area contributed by atoms with E-state index < -0.39 is 0 Å². The summed E-state index contributed by atoms with van der Waals surface area (Å²) in [7, 11) is 0. The topological polar surface area (TPSA) is 20.3 Å². The Morgan fingerprint density at radius 3 is 2.25 bits per heavy atom.